The summed E-state index contributed by atoms with van der Waals surface area (Å²) in [6.45, 7) is 0. The first-order valence-corrected chi connectivity index (χ1v) is 7.01. The van der Waals surface area contributed by atoms with E-state index in [1.54, 1.807) is 7.11 Å². The van der Waals surface area contributed by atoms with E-state index in [1.165, 1.54) is 0 Å². The average Bonchev–Trinajstić information content (AvgIpc) is 3.08. The molecule has 6 heteroatoms. The molecule has 1 aliphatic carbocycles. The Kier molecular flexibility index (Phi) is 3.89. The molecule has 5 nitrogen and oxygen atoms in total. The zero-order valence-corrected chi connectivity index (χ0v) is 11.9. The number of halogens is 1. The molecule has 0 spiro atoms. The maximum atomic E-state index is 5.96. The van der Waals surface area contributed by atoms with Crippen LogP contribution in [0.25, 0.3) is 11.4 Å². The van der Waals surface area contributed by atoms with Crippen molar-refractivity contribution in [1.82, 2.24) is 10.1 Å². The molecule has 1 aromatic carbocycles. The summed E-state index contributed by atoms with van der Waals surface area (Å²) in [5, 5.41) is 7.88. The number of benzene rings is 1. The van der Waals surface area contributed by atoms with Crippen LogP contribution in [0.5, 0.6) is 0 Å². The number of hydrogen-bond acceptors (Lipinski definition) is 5. The van der Waals surface area contributed by atoms with E-state index < -0.39 is 0 Å². The molecule has 1 saturated carbocycles. The van der Waals surface area contributed by atoms with Crippen LogP contribution in [-0.4, -0.2) is 29.4 Å². The van der Waals surface area contributed by atoms with E-state index in [2.05, 4.69) is 15.5 Å². The Hall–Kier alpha value is -1.59. The first kappa shape index (κ1) is 13.4. The van der Waals surface area contributed by atoms with E-state index in [-0.39, 0.29) is 0 Å². The van der Waals surface area contributed by atoms with E-state index in [9.17, 15) is 0 Å². The molecule has 2 unspecified atom stereocenters. The highest BCUT2D eigenvalue weighted by atomic mass is 35.5. The Bertz CT molecular complexity index is 587. The van der Waals surface area contributed by atoms with Gasteiger partial charge < -0.3 is 14.6 Å². The van der Waals surface area contributed by atoms with Crippen molar-refractivity contribution in [3.05, 3.63) is 29.3 Å². The van der Waals surface area contributed by atoms with Gasteiger partial charge in [-0.1, -0.05) is 28.9 Å². The third kappa shape index (κ3) is 2.94. The van der Waals surface area contributed by atoms with Crippen LogP contribution in [-0.2, 0) is 4.74 Å². The maximum absolute atomic E-state index is 5.96. The largest absolute Gasteiger partial charge is 0.381 e. The van der Waals surface area contributed by atoms with Crippen LogP contribution < -0.4 is 5.32 Å². The standard InChI is InChI=1S/C14H16ClN3O2/c1-19-12-6-5-11(8-12)16-14-17-13(18-20-14)9-3-2-4-10(15)7-9/h2-4,7,11-12H,5-6,8H2,1H3,(H,16,17,18). The summed E-state index contributed by atoms with van der Waals surface area (Å²) in [6, 6.07) is 8.16. The highest BCUT2D eigenvalue weighted by molar-refractivity contribution is 6.30. The summed E-state index contributed by atoms with van der Waals surface area (Å²) in [5.41, 5.74) is 0.843. The highest BCUT2D eigenvalue weighted by Crippen LogP contribution is 2.26. The quantitative estimate of drug-likeness (QED) is 0.936. The Labute approximate surface area is 122 Å². The van der Waals surface area contributed by atoms with Gasteiger partial charge in [0.15, 0.2) is 0 Å². The molecule has 0 aliphatic heterocycles. The van der Waals surface area contributed by atoms with Crippen LogP contribution in [0.3, 0.4) is 0 Å². The van der Waals surface area contributed by atoms with E-state index in [1.807, 2.05) is 24.3 Å². The molecular formula is C14H16ClN3O2. The third-order valence-corrected chi connectivity index (χ3v) is 3.79. The zero-order valence-electron chi connectivity index (χ0n) is 11.2. The second-order valence-corrected chi connectivity index (χ2v) is 5.38. The predicted molar refractivity (Wildman–Crippen MR) is 76.8 cm³/mol. The molecule has 20 heavy (non-hydrogen) atoms. The van der Waals surface area contributed by atoms with E-state index in [0.29, 0.717) is 29.0 Å². The molecule has 1 aliphatic rings. The second-order valence-electron chi connectivity index (χ2n) is 4.95. The Morgan fingerprint density at radius 2 is 2.30 bits per heavy atom. The minimum Gasteiger partial charge on any atom is -0.381 e. The van der Waals surface area contributed by atoms with Crippen molar-refractivity contribution in [2.75, 3.05) is 12.4 Å². The molecule has 1 fully saturated rings. The fourth-order valence-corrected chi connectivity index (χ4v) is 2.68. The van der Waals surface area contributed by atoms with Gasteiger partial charge in [-0.2, -0.15) is 4.98 Å². The van der Waals surface area contributed by atoms with Gasteiger partial charge in [-0.05, 0) is 31.4 Å². The number of rotatable bonds is 4. The van der Waals surface area contributed by atoms with Crippen LogP contribution >= 0.6 is 11.6 Å². The lowest BCUT2D eigenvalue weighted by molar-refractivity contribution is 0.108. The molecule has 1 N–H and O–H groups in total. The molecule has 2 atom stereocenters. The molecular weight excluding hydrogens is 278 g/mol. The number of aromatic nitrogens is 2. The number of methoxy groups -OCH3 is 1. The molecule has 0 bridgehead atoms. The monoisotopic (exact) mass is 293 g/mol. The minimum absolute atomic E-state index is 0.322. The summed E-state index contributed by atoms with van der Waals surface area (Å²) in [5.74, 6) is 0.538. The molecule has 1 heterocycles. The lowest BCUT2D eigenvalue weighted by Crippen LogP contribution is -2.17. The average molecular weight is 294 g/mol. The zero-order chi connectivity index (χ0) is 13.9. The lowest BCUT2D eigenvalue weighted by atomic mass is 10.2. The van der Waals surface area contributed by atoms with Gasteiger partial charge in [0.2, 0.25) is 5.82 Å². The summed E-state index contributed by atoms with van der Waals surface area (Å²) in [7, 11) is 1.75. The molecule has 106 valence electrons. The van der Waals surface area contributed by atoms with Crippen LogP contribution in [0, 0.1) is 0 Å². The maximum Gasteiger partial charge on any atom is 0.322 e. The Balaban J connectivity index is 1.68. The van der Waals surface area contributed by atoms with Crippen molar-refractivity contribution < 1.29 is 9.26 Å². The summed E-state index contributed by atoms with van der Waals surface area (Å²) in [4.78, 5) is 4.35. The number of anilines is 1. The second kappa shape index (κ2) is 5.81. The lowest BCUT2D eigenvalue weighted by Gasteiger charge is -2.09. The number of nitrogens with zero attached hydrogens (tertiary/aromatic N) is 2. The topological polar surface area (TPSA) is 60.2 Å². The van der Waals surface area contributed by atoms with E-state index in [4.69, 9.17) is 20.9 Å². The molecule has 0 radical (unpaired) electrons. The summed E-state index contributed by atoms with van der Waals surface area (Å²) < 4.78 is 10.6. The van der Waals surface area contributed by atoms with Crippen LogP contribution in [0.4, 0.5) is 6.01 Å². The molecule has 3 rings (SSSR count). The summed E-state index contributed by atoms with van der Waals surface area (Å²) >= 11 is 5.96. The number of hydrogen-bond donors (Lipinski definition) is 1. The van der Waals surface area contributed by atoms with Crippen molar-refractivity contribution in [1.29, 1.82) is 0 Å². The molecule has 2 aromatic rings. The normalized spacial score (nSPS) is 22.1. The molecule has 1 aromatic heterocycles. The van der Waals surface area contributed by atoms with Crippen LogP contribution in [0.1, 0.15) is 19.3 Å². The van der Waals surface area contributed by atoms with Crippen molar-refractivity contribution in [3.63, 3.8) is 0 Å². The third-order valence-electron chi connectivity index (χ3n) is 3.55. The van der Waals surface area contributed by atoms with Gasteiger partial charge in [-0.25, -0.2) is 0 Å². The van der Waals surface area contributed by atoms with E-state index >= 15 is 0 Å². The van der Waals surface area contributed by atoms with Gasteiger partial charge in [0, 0.05) is 23.7 Å². The van der Waals surface area contributed by atoms with Crippen molar-refractivity contribution in [2.45, 2.75) is 31.4 Å². The Morgan fingerprint density at radius 1 is 1.40 bits per heavy atom. The SMILES string of the molecule is COC1CCC(Nc2nc(-c3cccc(Cl)c3)no2)C1. The van der Waals surface area contributed by atoms with Gasteiger partial charge in [0.05, 0.1) is 6.10 Å². The van der Waals surface area contributed by atoms with E-state index in [0.717, 1.165) is 24.8 Å². The van der Waals surface area contributed by atoms with Gasteiger partial charge in [-0.15, -0.1) is 0 Å². The van der Waals surface area contributed by atoms with Crippen molar-refractivity contribution in [3.8, 4) is 11.4 Å². The minimum atomic E-state index is 0.322. The predicted octanol–water partition coefficient (Wildman–Crippen LogP) is 3.37. The van der Waals surface area contributed by atoms with Gasteiger partial charge in [-0.3, -0.25) is 0 Å². The first-order valence-electron chi connectivity index (χ1n) is 6.63. The van der Waals surface area contributed by atoms with Crippen LogP contribution in [0.2, 0.25) is 5.02 Å². The van der Waals surface area contributed by atoms with Gasteiger partial charge in [0.25, 0.3) is 0 Å². The van der Waals surface area contributed by atoms with Crippen molar-refractivity contribution in [2.24, 2.45) is 0 Å². The fourth-order valence-electron chi connectivity index (χ4n) is 2.49. The van der Waals surface area contributed by atoms with Gasteiger partial charge >= 0.3 is 6.01 Å². The molecule has 0 amide bonds. The number of ether oxygens (including phenoxy) is 1. The van der Waals surface area contributed by atoms with Gasteiger partial charge in [0.1, 0.15) is 0 Å². The summed E-state index contributed by atoms with van der Waals surface area (Å²) in [6.07, 6.45) is 3.39. The van der Waals surface area contributed by atoms with Crippen molar-refractivity contribution >= 4 is 17.6 Å². The smallest absolute Gasteiger partial charge is 0.322 e. The first-order chi connectivity index (χ1) is 9.74. The fraction of sp³-hybridized carbons (Fsp3) is 0.429. The van der Waals surface area contributed by atoms with Crippen LogP contribution in [0.15, 0.2) is 28.8 Å². The Morgan fingerprint density at radius 3 is 3.05 bits per heavy atom. The highest BCUT2D eigenvalue weighted by Gasteiger charge is 2.25. The molecule has 0 saturated heterocycles. The number of nitrogens with one attached hydrogen (secondary N) is 1.